The molecule has 25 heavy (non-hydrogen) atoms. The molecule has 0 aliphatic rings. The topological polar surface area (TPSA) is 71.4 Å². The Balaban J connectivity index is 0.00000312. The van der Waals surface area contributed by atoms with Gasteiger partial charge in [-0.2, -0.15) is 0 Å². The maximum Gasteiger partial charge on any atom is 0.213 e. The maximum absolute atomic E-state index is 5.42. The fourth-order valence-corrected chi connectivity index (χ4v) is 2.94. The van der Waals surface area contributed by atoms with E-state index in [4.69, 9.17) is 4.74 Å². The third-order valence-corrected chi connectivity index (χ3v) is 4.41. The first kappa shape index (κ1) is 21.6. The van der Waals surface area contributed by atoms with Crippen LogP contribution in [0, 0.1) is 13.8 Å². The number of aromatic nitrogens is 2. The van der Waals surface area contributed by atoms with Crippen molar-refractivity contribution < 1.29 is 4.74 Å². The molecule has 0 unspecified atom stereocenters. The predicted octanol–water partition coefficient (Wildman–Crippen LogP) is 3.43. The zero-order valence-corrected chi connectivity index (χ0v) is 18.3. The van der Waals surface area contributed by atoms with Gasteiger partial charge < -0.3 is 15.4 Å². The van der Waals surface area contributed by atoms with Gasteiger partial charge in [0.05, 0.1) is 25.4 Å². The first-order valence-corrected chi connectivity index (χ1v) is 8.96. The number of thiazole rings is 1. The van der Waals surface area contributed by atoms with Crippen molar-refractivity contribution in [1.82, 2.24) is 20.6 Å². The van der Waals surface area contributed by atoms with Crippen molar-refractivity contribution in [2.45, 2.75) is 40.8 Å². The summed E-state index contributed by atoms with van der Waals surface area (Å²) in [6.07, 6.45) is 1.75. The molecule has 6 nitrogen and oxygen atoms in total. The number of rotatable bonds is 7. The fourth-order valence-electron chi connectivity index (χ4n) is 2.06. The fraction of sp³-hybridized carbons (Fsp3) is 0.471. The molecule has 0 saturated carbocycles. The van der Waals surface area contributed by atoms with E-state index in [1.165, 1.54) is 4.88 Å². The van der Waals surface area contributed by atoms with Gasteiger partial charge >= 0.3 is 0 Å². The van der Waals surface area contributed by atoms with Crippen molar-refractivity contribution >= 4 is 41.3 Å². The zero-order chi connectivity index (χ0) is 17.4. The quantitative estimate of drug-likeness (QED) is 0.365. The second-order valence-electron chi connectivity index (χ2n) is 5.23. The van der Waals surface area contributed by atoms with E-state index in [2.05, 4.69) is 39.4 Å². The van der Waals surface area contributed by atoms with Gasteiger partial charge in [-0.15, -0.1) is 35.3 Å². The zero-order valence-electron chi connectivity index (χ0n) is 15.1. The van der Waals surface area contributed by atoms with Crippen molar-refractivity contribution in [3.8, 4) is 5.88 Å². The van der Waals surface area contributed by atoms with Gasteiger partial charge in [0.1, 0.15) is 5.01 Å². The minimum Gasteiger partial charge on any atom is -0.478 e. The summed E-state index contributed by atoms with van der Waals surface area (Å²) < 4.78 is 5.42. The van der Waals surface area contributed by atoms with Crippen LogP contribution in [-0.4, -0.2) is 29.1 Å². The molecular formula is C17H26IN5OS. The summed E-state index contributed by atoms with van der Waals surface area (Å²) in [4.78, 5) is 14.6. The minimum absolute atomic E-state index is 0. The molecule has 0 aliphatic carbocycles. The molecule has 138 valence electrons. The number of hydrogen-bond donors (Lipinski definition) is 2. The molecule has 0 radical (unpaired) electrons. The Morgan fingerprint density at radius 1 is 1.28 bits per heavy atom. The molecule has 2 rings (SSSR count). The number of nitrogens with zero attached hydrogens (tertiary/aromatic N) is 3. The van der Waals surface area contributed by atoms with Crippen LogP contribution in [0.25, 0.3) is 0 Å². The molecule has 0 fully saturated rings. The van der Waals surface area contributed by atoms with Crippen LogP contribution in [0.2, 0.25) is 0 Å². The van der Waals surface area contributed by atoms with Gasteiger partial charge in [0.15, 0.2) is 5.96 Å². The smallest absolute Gasteiger partial charge is 0.213 e. The average molecular weight is 475 g/mol. The Morgan fingerprint density at radius 3 is 2.72 bits per heavy atom. The van der Waals surface area contributed by atoms with Gasteiger partial charge in [0.25, 0.3) is 0 Å². The van der Waals surface area contributed by atoms with Crippen molar-refractivity contribution in [3.05, 3.63) is 39.5 Å². The molecule has 2 N–H and O–H groups in total. The highest BCUT2D eigenvalue weighted by Crippen LogP contribution is 2.16. The van der Waals surface area contributed by atoms with Gasteiger partial charge in [-0.3, -0.25) is 0 Å². The molecule has 0 bridgehead atoms. The standard InChI is InChI=1S/C17H25N5OS.HI/c1-5-18-17(21-11-16-22-12(3)13(4)24-16)20-10-14-7-8-19-15(9-14)23-6-2;/h7-9H,5-6,10-11H2,1-4H3,(H2,18,20,21);1H. The van der Waals surface area contributed by atoms with E-state index in [0.29, 0.717) is 25.6 Å². The summed E-state index contributed by atoms with van der Waals surface area (Å²) in [6.45, 7) is 10.8. The van der Waals surface area contributed by atoms with Crippen LogP contribution in [0.4, 0.5) is 0 Å². The normalized spacial score (nSPS) is 11.0. The second kappa shape index (κ2) is 11.2. The van der Waals surface area contributed by atoms with E-state index in [9.17, 15) is 0 Å². The Labute approximate surface area is 170 Å². The van der Waals surface area contributed by atoms with Gasteiger partial charge in [0.2, 0.25) is 5.88 Å². The van der Waals surface area contributed by atoms with Crippen LogP contribution >= 0.6 is 35.3 Å². The van der Waals surface area contributed by atoms with E-state index in [-0.39, 0.29) is 24.0 Å². The summed E-state index contributed by atoms with van der Waals surface area (Å²) >= 11 is 1.72. The molecule has 0 spiro atoms. The third kappa shape index (κ3) is 7.15. The number of ether oxygens (including phenoxy) is 1. The Bertz CT molecular complexity index is 670. The second-order valence-corrected chi connectivity index (χ2v) is 6.52. The van der Waals surface area contributed by atoms with Crippen molar-refractivity contribution in [2.75, 3.05) is 13.2 Å². The van der Waals surface area contributed by atoms with Crippen LogP contribution in [0.3, 0.4) is 0 Å². The Hall–Kier alpha value is -1.42. The lowest BCUT2D eigenvalue weighted by molar-refractivity contribution is 0.326. The molecule has 2 aromatic heterocycles. The van der Waals surface area contributed by atoms with Gasteiger partial charge in [-0.05, 0) is 39.3 Å². The highest BCUT2D eigenvalue weighted by atomic mass is 127. The van der Waals surface area contributed by atoms with E-state index < -0.39 is 0 Å². The van der Waals surface area contributed by atoms with Gasteiger partial charge in [0, 0.05) is 23.7 Å². The van der Waals surface area contributed by atoms with Crippen LogP contribution < -0.4 is 15.4 Å². The highest BCUT2D eigenvalue weighted by molar-refractivity contribution is 14.0. The SMILES string of the molecule is CCNC(=NCc1ccnc(OCC)c1)NCc1nc(C)c(C)s1.I. The lowest BCUT2D eigenvalue weighted by Gasteiger charge is -2.10. The molecule has 2 heterocycles. The highest BCUT2D eigenvalue weighted by Gasteiger charge is 2.05. The monoisotopic (exact) mass is 475 g/mol. The van der Waals surface area contributed by atoms with Gasteiger partial charge in [-0.1, -0.05) is 0 Å². The van der Waals surface area contributed by atoms with Gasteiger partial charge in [-0.25, -0.2) is 15.0 Å². The molecular weight excluding hydrogens is 449 g/mol. The minimum atomic E-state index is 0. The number of halogens is 1. The largest absolute Gasteiger partial charge is 0.478 e. The summed E-state index contributed by atoms with van der Waals surface area (Å²) in [5.41, 5.74) is 2.16. The van der Waals surface area contributed by atoms with Crippen LogP contribution in [-0.2, 0) is 13.1 Å². The van der Waals surface area contributed by atoms with E-state index >= 15 is 0 Å². The third-order valence-electron chi connectivity index (χ3n) is 3.34. The molecule has 0 aliphatic heterocycles. The number of hydrogen-bond acceptors (Lipinski definition) is 5. The number of aliphatic imine (C=N–C) groups is 1. The Kier molecular flexibility index (Phi) is 9.73. The maximum atomic E-state index is 5.42. The lowest BCUT2D eigenvalue weighted by atomic mass is 10.3. The van der Waals surface area contributed by atoms with Crippen molar-refractivity contribution in [2.24, 2.45) is 4.99 Å². The summed E-state index contributed by atoms with van der Waals surface area (Å²) in [7, 11) is 0. The lowest BCUT2D eigenvalue weighted by Crippen LogP contribution is -2.36. The molecule has 0 saturated heterocycles. The molecule has 8 heteroatoms. The van der Waals surface area contributed by atoms with E-state index in [1.54, 1.807) is 17.5 Å². The van der Waals surface area contributed by atoms with Crippen LogP contribution in [0.5, 0.6) is 5.88 Å². The number of guanidine groups is 1. The van der Waals surface area contributed by atoms with Crippen LogP contribution in [0.15, 0.2) is 23.3 Å². The first-order valence-electron chi connectivity index (χ1n) is 8.15. The number of aryl methyl sites for hydroxylation is 2. The summed E-state index contributed by atoms with van der Waals surface area (Å²) in [6, 6.07) is 3.87. The molecule has 0 aromatic carbocycles. The molecule has 2 aromatic rings. The summed E-state index contributed by atoms with van der Waals surface area (Å²) in [5, 5.41) is 7.65. The van der Waals surface area contributed by atoms with Crippen molar-refractivity contribution in [1.29, 1.82) is 0 Å². The van der Waals surface area contributed by atoms with E-state index in [0.717, 1.165) is 28.8 Å². The van der Waals surface area contributed by atoms with Crippen LogP contribution in [0.1, 0.15) is 35.0 Å². The van der Waals surface area contributed by atoms with Crippen molar-refractivity contribution in [3.63, 3.8) is 0 Å². The average Bonchev–Trinajstić information content (AvgIpc) is 2.89. The summed E-state index contributed by atoms with van der Waals surface area (Å²) in [5.74, 6) is 1.41. The predicted molar refractivity (Wildman–Crippen MR) is 114 cm³/mol. The number of pyridine rings is 1. The molecule has 0 amide bonds. The Morgan fingerprint density at radius 2 is 2.08 bits per heavy atom. The first-order chi connectivity index (χ1) is 11.6. The van der Waals surface area contributed by atoms with E-state index in [1.807, 2.05) is 26.0 Å². The number of nitrogens with one attached hydrogen (secondary N) is 2. The molecule has 0 atom stereocenters.